The van der Waals surface area contributed by atoms with Crippen molar-refractivity contribution in [3.05, 3.63) is 24.5 Å². The molecule has 3 rings (SSSR count). The van der Waals surface area contributed by atoms with Gasteiger partial charge in [0.05, 0.1) is 6.33 Å². The van der Waals surface area contributed by atoms with Crippen molar-refractivity contribution in [2.45, 2.75) is 63.2 Å². The summed E-state index contributed by atoms with van der Waals surface area (Å²) in [5, 5.41) is 9.78. The lowest BCUT2D eigenvalue weighted by Gasteiger charge is -2.25. The Morgan fingerprint density at radius 1 is 1.24 bits per heavy atom. The van der Waals surface area contributed by atoms with Crippen LogP contribution in [0.3, 0.4) is 0 Å². The van der Waals surface area contributed by atoms with Gasteiger partial charge in [-0.3, -0.25) is 0 Å². The van der Waals surface area contributed by atoms with Crippen molar-refractivity contribution in [2.24, 2.45) is 0 Å². The zero-order valence-corrected chi connectivity index (χ0v) is 13.4. The van der Waals surface area contributed by atoms with Crippen molar-refractivity contribution in [3.8, 4) is 0 Å². The largest absolute Gasteiger partial charge is 0.337 e. The van der Waals surface area contributed by atoms with Crippen molar-refractivity contribution in [2.75, 3.05) is 5.75 Å². The Morgan fingerprint density at radius 2 is 2.10 bits per heavy atom. The Morgan fingerprint density at radius 3 is 2.86 bits per heavy atom. The second kappa shape index (κ2) is 7.11. The van der Waals surface area contributed by atoms with E-state index in [1.807, 2.05) is 30.5 Å². The van der Waals surface area contributed by atoms with Gasteiger partial charge in [0.1, 0.15) is 5.82 Å². The van der Waals surface area contributed by atoms with Gasteiger partial charge in [0, 0.05) is 30.7 Å². The maximum absolute atomic E-state index is 4.38. The summed E-state index contributed by atoms with van der Waals surface area (Å²) >= 11 is 1.84. The van der Waals surface area contributed by atoms with Gasteiger partial charge in [-0.1, -0.05) is 31.0 Å². The van der Waals surface area contributed by atoms with E-state index in [2.05, 4.69) is 31.2 Å². The number of aryl methyl sites for hydroxylation is 2. The van der Waals surface area contributed by atoms with E-state index in [1.165, 1.54) is 32.1 Å². The Balaban J connectivity index is 1.55. The number of hydrogen-bond acceptors (Lipinski definition) is 4. The summed E-state index contributed by atoms with van der Waals surface area (Å²) < 4.78 is 4.50. The summed E-state index contributed by atoms with van der Waals surface area (Å²) in [5.41, 5.74) is 0. The van der Waals surface area contributed by atoms with E-state index >= 15 is 0 Å². The molecule has 0 unspecified atom stereocenters. The molecule has 0 saturated heterocycles. The van der Waals surface area contributed by atoms with E-state index in [9.17, 15) is 0 Å². The Kier molecular flexibility index (Phi) is 4.95. The summed E-state index contributed by atoms with van der Waals surface area (Å²) in [5.74, 6) is 2.14. The van der Waals surface area contributed by atoms with E-state index in [-0.39, 0.29) is 0 Å². The number of nitrogens with zero attached hydrogens (tertiary/aromatic N) is 5. The fraction of sp³-hybridized carbons (Fsp3) is 0.667. The molecule has 0 amide bonds. The average molecular weight is 305 g/mol. The minimum Gasteiger partial charge on any atom is -0.337 e. The second-order valence-electron chi connectivity index (χ2n) is 5.69. The van der Waals surface area contributed by atoms with Crippen molar-refractivity contribution in [1.29, 1.82) is 0 Å². The van der Waals surface area contributed by atoms with Crippen LogP contribution < -0.4 is 0 Å². The lowest BCUT2D eigenvalue weighted by Crippen LogP contribution is -2.15. The van der Waals surface area contributed by atoms with Gasteiger partial charge in [-0.15, -0.1) is 10.2 Å². The van der Waals surface area contributed by atoms with E-state index in [4.69, 9.17) is 0 Å². The van der Waals surface area contributed by atoms with E-state index in [0.29, 0.717) is 6.04 Å². The first-order chi connectivity index (χ1) is 10.3. The number of imidazole rings is 1. The molecule has 2 heterocycles. The molecule has 1 fully saturated rings. The van der Waals surface area contributed by atoms with Gasteiger partial charge in [-0.05, 0) is 26.2 Å². The van der Waals surface area contributed by atoms with Crippen LogP contribution in [-0.4, -0.2) is 30.1 Å². The second-order valence-corrected chi connectivity index (χ2v) is 6.76. The third-order valence-electron chi connectivity index (χ3n) is 4.13. The first-order valence-corrected chi connectivity index (χ1v) is 8.83. The minimum absolute atomic E-state index is 0.616. The third kappa shape index (κ3) is 3.67. The molecule has 0 atom stereocenters. The molecule has 0 bridgehead atoms. The fourth-order valence-electron chi connectivity index (χ4n) is 3.04. The topological polar surface area (TPSA) is 48.5 Å². The molecule has 0 aliphatic heterocycles. The zero-order chi connectivity index (χ0) is 14.5. The van der Waals surface area contributed by atoms with E-state index < -0.39 is 0 Å². The number of rotatable bonds is 6. The van der Waals surface area contributed by atoms with Crippen LogP contribution in [0.2, 0.25) is 0 Å². The average Bonchev–Trinajstić information content (AvgIpc) is 3.14. The molecule has 1 saturated carbocycles. The highest BCUT2D eigenvalue weighted by Gasteiger charge is 2.20. The standard InChI is InChI=1S/C15H23N5S/c1-13-17-18-15(20(13)14-6-3-2-4-7-14)21-11-5-9-19-10-8-16-12-19/h8,10,12,14H,2-7,9,11H2,1H3. The fourth-order valence-corrected chi connectivity index (χ4v) is 4.01. The summed E-state index contributed by atoms with van der Waals surface area (Å²) in [4.78, 5) is 4.07. The van der Waals surface area contributed by atoms with Crippen LogP contribution in [0.1, 0.15) is 50.4 Å². The molecule has 21 heavy (non-hydrogen) atoms. The number of hydrogen-bond donors (Lipinski definition) is 0. The lowest BCUT2D eigenvalue weighted by molar-refractivity contribution is 0.332. The maximum Gasteiger partial charge on any atom is 0.191 e. The monoisotopic (exact) mass is 305 g/mol. The van der Waals surface area contributed by atoms with Crippen LogP contribution in [0.4, 0.5) is 0 Å². The summed E-state index contributed by atoms with van der Waals surface area (Å²) in [6.45, 7) is 3.10. The van der Waals surface area contributed by atoms with Crippen molar-refractivity contribution in [3.63, 3.8) is 0 Å². The molecule has 114 valence electrons. The molecule has 1 aliphatic rings. The summed E-state index contributed by atoms with van der Waals surface area (Å²) in [6, 6.07) is 0.616. The van der Waals surface area contributed by atoms with Crippen LogP contribution >= 0.6 is 11.8 Å². The normalized spacial score (nSPS) is 16.4. The van der Waals surface area contributed by atoms with Gasteiger partial charge >= 0.3 is 0 Å². The first kappa shape index (κ1) is 14.6. The van der Waals surface area contributed by atoms with E-state index in [0.717, 1.165) is 29.7 Å². The number of thioether (sulfide) groups is 1. The molecular formula is C15H23N5S. The van der Waals surface area contributed by atoms with Gasteiger partial charge in [0.25, 0.3) is 0 Å². The quantitative estimate of drug-likeness (QED) is 0.605. The predicted molar refractivity (Wildman–Crippen MR) is 84.4 cm³/mol. The van der Waals surface area contributed by atoms with Gasteiger partial charge in [-0.25, -0.2) is 4.98 Å². The van der Waals surface area contributed by atoms with E-state index in [1.54, 1.807) is 0 Å². The molecule has 1 aliphatic carbocycles. The van der Waals surface area contributed by atoms with Gasteiger partial charge in [0.2, 0.25) is 0 Å². The SMILES string of the molecule is Cc1nnc(SCCCn2ccnc2)n1C1CCCCC1. The van der Waals surface area contributed by atoms with Gasteiger partial charge in [0.15, 0.2) is 5.16 Å². The summed E-state index contributed by atoms with van der Waals surface area (Å²) in [7, 11) is 0. The molecule has 0 aromatic carbocycles. The van der Waals surface area contributed by atoms with Gasteiger partial charge < -0.3 is 9.13 Å². The van der Waals surface area contributed by atoms with Crippen LogP contribution in [-0.2, 0) is 6.54 Å². The first-order valence-electron chi connectivity index (χ1n) is 7.84. The summed E-state index contributed by atoms with van der Waals surface area (Å²) in [6.07, 6.45) is 13.5. The molecule has 6 heteroatoms. The van der Waals surface area contributed by atoms with Crippen LogP contribution in [0.15, 0.2) is 23.9 Å². The minimum atomic E-state index is 0.616. The Labute approximate surface area is 130 Å². The lowest BCUT2D eigenvalue weighted by atomic mass is 9.95. The molecule has 2 aromatic rings. The number of aromatic nitrogens is 5. The molecule has 0 spiro atoms. The molecular weight excluding hydrogens is 282 g/mol. The molecule has 0 radical (unpaired) electrons. The Bertz CT molecular complexity index is 542. The zero-order valence-electron chi connectivity index (χ0n) is 12.6. The molecule has 2 aromatic heterocycles. The van der Waals surface area contributed by atoms with Crippen LogP contribution in [0.5, 0.6) is 0 Å². The van der Waals surface area contributed by atoms with Crippen LogP contribution in [0.25, 0.3) is 0 Å². The van der Waals surface area contributed by atoms with Crippen molar-refractivity contribution < 1.29 is 0 Å². The van der Waals surface area contributed by atoms with Crippen molar-refractivity contribution >= 4 is 11.8 Å². The predicted octanol–water partition coefficient (Wildman–Crippen LogP) is 3.47. The van der Waals surface area contributed by atoms with Crippen LogP contribution in [0, 0.1) is 6.92 Å². The third-order valence-corrected chi connectivity index (χ3v) is 5.16. The smallest absolute Gasteiger partial charge is 0.191 e. The molecule has 0 N–H and O–H groups in total. The Hall–Kier alpha value is -1.30. The highest BCUT2D eigenvalue weighted by atomic mass is 32.2. The van der Waals surface area contributed by atoms with Crippen molar-refractivity contribution in [1.82, 2.24) is 24.3 Å². The maximum atomic E-state index is 4.38. The molecule has 5 nitrogen and oxygen atoms in total. The highest BCUT2D eigenvalue weighted by Crippen LogP contribution is 2.32. The van der Waals surface area contributed by atoms with Gasteiger partial charge in [-0.2, -0.15) is 0 Å². The highest BCUT2D eigenvalue weighted by molar-refractivity contribution is 7.99.